The predicted molar refractivity (Wildman–Crippen MR) is 106 cm³/mol. The maximum Gasteiger partial charge on any atom is 0.309 e. The Balaban J connectivity index is 1.24. The largest absolute Gasteiger partial charge is 0.458 e. The van der Waals surface area contributed by atoms with Crippen molar-refractivity contribution in [2.24, 2.45) is 59.2 Å². The number of carbonyl (C=O) groups is 1. The van der Waals surface area contributed by atoms with Crippen LogP contribution in [0.5, 0.6) is 0 Å². The van der Waals surface area contributed by atoms with E-state index in [2.05, 4.69) is 13.8 Å². The van der Waals surface area contributed by atoms with Gasteiger partial charge in [0.1, 0.15) is 5.60 Å². The molecule has 5 atom stereocenters. The SMILES string of the molecule is CC(C)C1(OC(=O)C2CC3CC2C2CCCCC32)C2CC3CC(C2)CC1C3. The summed E-state index contributed by atoms with van der Waals surface area (Å²) in [5, 5.41) is 0. The molecule has 0 amide bonds. The van der Waals surface area contributed by atoms with Crippen molar-refractivity contribution in [1.82, 2.24) is 0 Å². The third kappa shape index (κ3) is 2.34. The van der Waals surface area contributed by atoms with Crippen molar-refractivity contribution < 1.29 is 9.53 Å². The Hall–Kier alpha value is -0.530. The van der Waals surface area contributed by atoms with Gasteiger partial charge >= 0.3 is 5.97 Å². The van der Waals surface area contributed by atoms with E-state index in [9.17, 15) is 4.79 Å². The summed E-state index contributed by atoms with van der Waals surface area (Å²) < 4.78 is 6.75. The van der Waals surface area contributed by atoms with Crippen LogP contribution in [0.3, 0.4) is 0 Å². The molecule has 7 fully saturated rings. The van der Waals surface area contributed by atoms with Gasteiger partial charge in [0.05, 0.1) is 5.92 Å². The van der Waals surface area contributed by atoms with Crippen molar-refractivity contribution in [3.63, 3.8) is 0 Å². The Bertz CT molecular complexity index is 594. The molecule has 0 aromatic rings. The van der Waals surface area contributed by atoms with E-state index in [1.807, 2.05) is 0 Å². The number of fused-ring (bicyclic) bond motifs is 5. The molecule has 0 aliphatic heterocycles. The van der Waals surface area contributed by atoms with E-state index >= 15 is 0 Å². The molecule has 2 nitrogen and oxygen atoms in total. The lowest BCUT2D eigenvalue weighted by Gasteiger charge is -2.62. The Morgan fingerprint density at radius 2 is 1.44 bits per heavy atom. The van der Waals surface area contributed by atoms with Crippen molar-refractivity contribution in [3.8, 4) is 0 Å². The molecule has 27 heavy (non-hydrogen) atoms. The fourth-order valence-corrected chi connectivity index (χ4v) is 9.91. The van der Waals surface area contributed by atoms with Crippen LogP contribution in [-0.4, -0.2) is 11.6 Å². The van der Waals surface area contributed by atoms with Crippen LogP contribution in [0.4, 0.5) is 0 Å². The monoisotopic (exact) mass is 370 g/mol. The van der Waals surface area contributed by atoms with Crippen molar-refractivity contribution in [2.45, 2.75) is 90.1 Å². The molecule has 0 heterocycles. The normalized spacial score (nSPS) is 55.1. The summed E-state index contributed by atoms with van der Waals surface area (Å²) in [7, 11) is 0. The Kier molecular flexibility index (Phi) is 3.84. The molecule has 0 saturated heterocycles. The number of rotatable bonds is 3. The highest BCUT2D eigenvalue weighted by Crippen LogP contribution is 2.63. The average Bonchev–Trinajstić information content (AvgIpc) is 3.24. The minimum Gasteiger partial charge on any atom is -0.458 e. The van der Waals surface area contributed by atoms with Crippen molar-refractivity contribution in [3.05, 3.63) is 0 Å². The van der Waals surface area contributed by atoms with Crippen LogP contribution in [0.15, 0.2) is 0 Å². The lowest BCUT2D eigenvalue weighted by atomic mass is 9.47. The van der Waals surface area contributed by atoms with E-state index in [1.54, 1.807) is 0 Å². The minimum absolute atomic E-state index is 0.127. The van der Waals surface area contributed by atoms with Gasteiger partial charge < -0.3 is 4.74 Å². The maximum atomic E-state index is 13.6. The maximum absolute atomic E-state index is 13.6. The molecular weight excluding hydrogens is 332 g/mol. The standard InChI is InChI=1S/C25H38O2/c1-14(2)25(18-8-15-7-16(10-18)11-19(25)9-15)27-24(26)23-13-17-12-22(23)21-6-4-3-5-20(17)21/h14-23H,3-13H2,1-2H3. The number of hydrogen-bond donors (Lipinski definition) is 0. The molecule has 7 aliphatic rings. The summed E-state index contributed by atoms with van der Waals surface area (Å²) in [5.74, 6) is 7.41. The zero-order valence-corrected chi connectivity index (χ0v) is 17.4. The molecule has 0 aromatic carbocycles. The Labute approximate surface area is 165 Å². The summed E-state index contributed by atoms with van der Waals surface area (Å²) in [5.41, 5.74) is -0.127. The molecule has 0 spiro atoms. The van der Waals surface area contributed by atoms with Crippen LogP contribution in [0.1, 0.15) is 84.5 Å². The molecule has 7 rings (SSSR count). The summed E-state index contributed by atoms with van der Waals surface area (Å²) in [6, 6.07) is 0. The second-order valence-corrected chi connectivity index (χ2v) is 11.8. The molecule has 6 bridgehead atoms. The van der Waals surface area contributed by atoms with Gasteiger partial charge in [-0.3, -0.25) is 4.79 Å². The summed E-state index contributed by atoms with van der Waals surface area (Å²) in [4.78, 5) is 13.6. The third-order valence-electron chi connectivity index (χ3n) is 10.6. The van der Waals surface area contributed by atoms with Crippen molar-refractivity contribution in [1.29, 1.82) is 0 Å². The highest BCUT2D eigenvalue weighted by atomic mass is 16.6. The van der Waals surface area contributed by atoms with E-state index in [0.29, 0.717) is 23.7 Å². The second kappa shape index (κ2) is 5.99. The fourth-order valence-electron chi connectivity index (χ4n) is 9.91. The topological polar surface area (TPSA) is 26.3 Å². The first-order valence-corrected chi connectivity index (χ1v) is 12.3. The number of ether oxygens (including phenoxy) is 1. The molecule has 0 radical (unpaired) electrons. The lowest BCUT2D eigenvalue weighted by molar-refractivity contribution is -0.230. The van der Waals surface area contributed by atoms with Gasteiger partial charge in [-0.05, 0) is 111 Å². The van der Waals surface area contributed by atoms with Crippen LogP contribution in [-0.2, 0) is 9.53 Å². The number of hydrogen-bond acceptors (Lipinski definition) is 2. The minimum atomic E-state index is -0.127. The molecule has 150 valence electrons. The zero-order valence-electron chi connectivity index (χ0n) is 17.4. The highest BCUT2D eigenvalue weighted by molar-refractivity contribution is 5.74. The first kappa shape index (κ1) is 17.3. The van der Waals surface area contributed by atoms with Crippen LogP contribution < -0.4 is 0 Å². The Morgan fingerprint density at radius 1 is 0.815 bits per heavy atom. The van der Waals surface area contributed by atoms with Crippen molar-refractivity contribution in [2.75, 3.05) is 0 Å². The van der Waals surface area contributed by atoms with Gasteiger partial charge in [0.25, 0.3) is 0 Å². The second-order valence-electron chi connectivity index (χ2n) is 11.8. The quantitative estimate of drug-likeness (QED) is 0.583. The van der Waals surface area contributed by atoms with E-state index in [1.165, 1.54) is 64.2 Å². The molecular formula is C25H38O2. The Morgan fingerprint density at radius 3 is 2.07 bits per heavy atom. The summed E-state index contributed by atoms with van der Waals surface area (Å²) >= 11 is 0. The number of carbonyl (C=O) groups excluding carboxylic acids is 1. The highest BCUT2D eigenvalue weighted by Gasteiger charge is 2.62. The van der Waals surface area contributed by atoms with Gasteiger partial charge in [-0.15, -0.1) is 0 Å². The summed E-state index contributed by atoms with van der Waals surface area (Å²) in [6.45, 7) is 4.68. The van der Waals surface area contributed by atoms with E-state index in [4.69, 9.17) is 4.74 Å². The molecule has 0 N–H and O–H groups in total. The van der Waals surface area contributed by atoms with E-state index in [-0.39, 0.29) is 17.5 Å². The smallest absolute Gasteiger partial charge is 0.309 e. The lowest BCUT2D eigenvalue weighted by Crippen LogP contribution is -2.62. The van der Waals surface area contributed by atoms with E-state index < -0.39 is 0 Å². The van der Waals surface area contributed by atoms with Gasteiger partial charge in [0.2, 0.25) is 0 Å². The summed E-state index contributed by atoms with van der Waals surface area (Å²) in [6.07, 6.45) is 14.9. The molecule has 2 heteroatoms. The predicted octanol–water partition coefficient (Wildman–Crippen LogP) is 5.84. The fraction of sp³-hybridized carbons (Fsp3) is 0.960. The van der Waals surface area contributed by atoms with Crippen LogP contribution in [0.25, 0.3) is 0 Å². The van der Waals surface area contributed by atoms with Crippen LogP contribution >= 0.6 is 0 Å². The van der Waals surface area contributed by atoms with Gasteiger partial charge in [-0.2, -0.15) is 0 Å². The van der Waals surface area contributed by atoms with Crippen LogP contribution in [0, 0.1) is 59.2 Å². The first-order chi connectivity index (χ1) is 13.1. The van der Waals surface area contributed by atoms with Crippen LogP contribution in [0.2, 0.25) is 0 Å². The average molecular weight is 371 g/mol. The molecule has 7 saturated carbocycles. The first-order valence-electron chi connectivity index (χ1n) is 12.3. The van der Waals surface area contributed by atoms with Gasteiger partial charge in [0.15, 0.2) is 0 Å². The van der Waals surface area contributed by atoms with Crippen molar-refractivity contribution >= 4 is 5.97 Å². The van der Waals surface area contributed by atoms with Gasteiger partial charge in [-0.25, -0.2) is 0 Å². The third-order valence-corrected chi connectivity index (χ3v) is 10.6. The molecule has 0 aromatic heterocycles. The number of esters is 1. The molecule has 7 aliphatic carbocycles. The zero-order chi connectivity index (χ0) is 18.3. The van der Waals surface area contributed by atoms with E-state index in [0.717, 1.165) is 36.0 Å². The van der Waals surface area contributed by atoms with Gasteiger partial charge in [-0.1, -0.05) is 26.7 Å². The molecule has 5 unspecified atom stereocenters. The van der Waals surface area contributed by atoms with Gasteiger partial charge in [0, 0.05) is 0 Å².